The predicted molar refractivity (Wildman–Crippen MR) is 234 cm³/mol. The van der Waals surface area contributed by atoms with Crippen LogP contribution in [-0.2, 0) is 12.8 Å². The lowest BCUT2D eigenvalue weighted by atomic mass is 9.99. The summed E-state index contributed by atoms with van der Waals surface area (Å²) in [5, 5.41) is 0. The average Bonchev–Trinajstić information content (AvgIpc) is 3.20. The van der Waals surface area contributed by atoms with Crippen LogP contribution in [-0.4, -0.2) is 0 Å². The van der Waals surface area contributed by atoms with E-state index < -0.39 is 0 Å². The molecular weight excluding hydrogens is 653 g/mol. The van der Waals surface area contributed by atoms with Crippen molar-refractivity contribution in [3.8, 4) is 22.3 Å². The van der Waals surface area contributed by atoms with E-state index in [2.05, 4.69) is 209 Å². The lowest BCUT2D eigenvalue weighted by Crippen LogP contribution is -2.10. The minimum absolute atomic E-state index is 1.10. The number of hydrogen-bond donors (Lipinski definition) is 0. The first-order valence-electron chi connectivity index (χ1n) is 19.5. The van der Waals surface area contributed by atoms with E-state index in [0.717, 1.165) is 37.1 Å². The average molecular weight is 705 g/mol. The van der Waals surface area contributed by atoms with Gasteiger partial charge in [-0.2, -0.15) is 0 Å². The summed E-state index contributed by atoms with van der Waals surface area (Å²) in [7, 11) is 0. The maximum atomic E-state index is 2.36. The number of anilines is 6. The van der Waals surface area contributed by atoms with Crippen molar-refractivity contribution in [2.45, 2.75) is 67.2 Å². The van der Waals surface area contributed by atoms with Gasteiger partial charge >= 0.3 is 0 Å². The molecule has 0 bridgehead atoms. The van der Waals surface area contributed by atoms with Crippen molar-refractivity contribution < 1.29 is 0 Å². The van der Waals surface area contributed by atoms with Crippen molar-refractivity contribution in [3.63, 3.8) is 0 Å². The van der Waals surface area contributed by atoms with Crippen LogP contribution in [0, 0.1) is 27.7 Å². The maximum absolute atomic E-state index is 2.36. The van der Waals surface area contributed by atoms with Crippen molar-refractivity contribution in [1.82, 2.24) is 0 Å². The first-order chi connectivity index (χ1) is 26.3. The van der Waals surface area contributed by atoms with Gasteiger partial charge in [-0.25, -0.2) is 0 Å². The van der Waals surface area contributed by atoms with E-state index in [1.165, 1.54) is 78.4 Å². The van der Waals surface area contributed by atoms with Gasteiger partial charge in [-0.05, 0) is 169 Å². The van der Waals surface area contributed by atoms with Crippen LogP contribution in [0.25, 0.3) is 22.3 Å². The predicted octanol–water partition coefficient (Wildman–Crippen LogP) is 15.1. The smallest absolute Gasteiger partial charge is 0.0464 e. The second kappa shape index (κ2) is 16.4. The molecule has 7 rings (SSSR count). The standard InChI is InChI=1S/C52H52N2/c1-7-9-41-13-27-47(28-14-41)53(51-25-11-37(3)39(5)35-51)49-31-21-45(22-32-49)43-17-19-44(20-18-43)46-23-33-50(34-24-46)54(52-26-12-38(4)40(6)36-52)48-29-15-42(10-8-2)16-30-48/h11-36H,7-10H2,1-6H3. The molecule has 7 aromatic rings. The van der Waals surface area contributed by atoms with Crippen LogP contribution >= 0.6 is 0 Å². The van der Waals surface area contributed by atoms with E-state index in [4.69, 9.17) is 0 Å². The van der Waals surface area contributed by atoms with E-state index in [0.29, 0.717) is 0 Å². The SMILES string of the molecule is CCCc1ccc(N(c2ccc(-c3ccc(-c4ccc(N(c5ccc(CCC)cc5)c5ccc(C)c(C)c5)cc4)cc3)cc2)c2ccc(C)c(C)c2)cc1. The number of hydrogen-bond acceptors (Lipinski definition) is 2. The highest BCUT2D eigenvalue weighted by molar-refractivity contribution is 5.81. The van der Waals surface area contributed by atoms with Gasteiger partial charge in [0.25, 0.3) is 0 Å². The van der Waals surface area contributed by atoms with E-state index >= 15 is 0 Å². The van der Waals surface area contributed by atoms with E-state index in [-0.39, 0.29) is 0 Å². The number of nitrogens with zero attached hydrogens (tertiary/aromatic N) is 2. The van der Waals surface area contributed by atoms with Gasteiger partial charge in [0.05, 0.1) is 0 Å². The molecule has 270 valence electrons. The molecule has 0 aliphatic carbocycles. The molecule has 0 saturated heterocycles. The molecule has 0 heterocycles. The van der Waals surface area contributed by atoms with Crippen LogP contribution < -0.4 is 9.80 Å². The second-order valence-electron chi connectivity index (χ2n) is 14.7. The van der Waals surface area contributed by atoms with Gasteiger partial charge in [0.1, 0.15) is 0 Å². The zero-order valence-corrected chi connectivity index (χ0v) is 32.7. The topological polar surface area (TPSA) is 6.48 Å². The quantitative estimate of drug-likeness (QED) is 0.125. The minimum atomic E-state index is 1.10. The fourth-order valence-electron chi connectivity index (χ4n) is 7.29. The van der Waals surface area contributed by atoms with Crippen molar-refractivity contribution >= 4 is 34.1 Å². The molecule has 0 aliphatic rings. The largest absolute Gasteiger partial charge is 0.310 e. The first-order valence-corrected chi connectivity index (χ1v) is 19.5. The zero-order valence-electron chi connectivity index (χ0n) is 32.7. The van der Waals surface area contributed by atoms with Crippen molar-refractivity contribution in [1.29, 1.82) is 0 Å². The fraction of sp³-hybridized carbons (Fsp3) is 0.192. The monoisotopic (exact) mass is 704 g/mol. The highest BCUT2D eigenvalue weighted by Gasteiger charge is 2.16. The molecule has 0 amide bonds. The third-order valence-electron chi connectivity index (χ3n) is 10.8. The van der Waals surface area contributed by atoms with Crippen LogP contribution in [0.3, 0.4) is 0 Å². The molecule has 54 heavy (non-hydrogen) atoms. The third-order valence-corrected chi connectivity index (χ3v) is 10.8. The van der Waals surface area contributed by atoms with Gasteiger partial charge in [0, 0.05) is 34.1 Å². The van der Waals surface area contributed by atoms with Crippen molar-refractivity contribution in [2.24, 2.45) is 0 Å². The van der Waals surface area contributed by atoms with Crippen LogP contribution in [0.2, 0.25) is 0 Å². The molecule has 0 fully saturated rings. The summed E-state index contributed by atoms with van der Waals surface area (Å²) in [5.74, 6) is 0. The molecule has 7 aromatic carbocycles. The minimum Gasteiger partial charge on any atom is -0.310 e. The Bertz CT molecular complexity index is 2130. The van der Waals surface area contributed by atoms with Gasteiger partial charge in [-0.15, -0.1) is 0 Å². The Morgan fingerprint density at radius 1 is 0.296 bits per heavy atom. The van der Waals surface area contributed by atoms with Gasteiger partial charge in [-0.1, -0.05) is 112 Å². The van der Waals surface area contributed by atoms with E-state index in [9.17, 15) is 0 Å². The molecule has 2 heteroatoms. The number of aryl methyl sites for hydroxylation is 6. The highest BCUT2D eigenvalue weighted by Crippen LogP contribution is 2.39. The zero-order chi connectivity index (χ0) is 37.6. The van der Waals surface area contributed by atoms with E-state index in [1.807, 2.05) is 0 Å². The van der Waals surface area contributed by atoms with E-state index in [1.54, 1.807) is 0 Å². The maximum Gasteiger partial charge on any atom is 0.0464 e. The third kappa shape index (κ3) is 8.04. The van der Waals surface area contributed by atoms with Crippen LogP contribution in [0.1, 0.15) is 60.1 Å². The summed E-state index contributed by atoms with van der Waals surface area (Å²) in [4.78, 5) is 4.72. The van der Waals surface area contributed by atoms with Crippen LogP contribution in [0.4, 0.5) is 34.1 Å². The Balaban J connectivity index is 1.13. The molecule has 0 atom stereocenters. The Hall–Kier alpha value is -5.86. The molecule has 0 spiro atoms. The fourth-order valence-corrected chi connectivity index (χ4v) is 7.29. The Kier molecular flexibility index (Phi) is 11.1. The molecular formula is C52H52N2. The molecule has 0 radical (unpaired) electrons. The molecule has 0 aliphatic heterocycles. The van der Waals surface area contributed by atoms with Crippen LogP contribution in [0.15, 0.2) is 158 Å². The Labute approximate surface area is 323 Å². The molecule has 0 saturated carbocycles. The normalized spacial score (nSPS) is 11.1. The summed E-state index contributed by atoms with van der Waals surface area (Å²) in [5.41, 5.74) is 19.7. The lowest BCUT2D eigenvalue weighted by molar-refractivity contribution is 0.922. The molecule has 0 unspecified atom stereocenters. The number of benzene rings is 7. The lowest BCUT2D eigenvalue weighted by Gasteiger charge is -2.26. The Morgan fingerprint density at radius 2 is 0.556 bits per heavy atom. The second-order valence-corrected chi connectivity index (χ2v) is 14.7. The van der Waals surface area contributed by atoms with Crippen LogP contribution in [0.5, 0.6) is 0 Å². The summed E-state index contributed by atoms with van der Waals surface area (Å²) in [6.07, 6.45) is 4.50. The highest BCUT2D eigenvalue weighted by atomic mass is 15.1. The molecule has 0 N–H and O–H groups in total. The van der Waals surface area contributed by atoms with Gasteiger partial charge in [0.15, 0.2) is 0 Å². The van der Waals surface area contributed by atoms with Crippen molar-refractivity contribution in [3.05, 3.63) is 191 Å². The Morgan fingerprint density at radius 3 is 0.833 bits per heavy atom. The summed E-state index contributed by atoms with van der Waals surface area (Å²) >= 11 is 0. The first kappa shape index (κ1) is 36.5. The molecule has 0 aromatic heterocycles. The van der Waals surface area contributed by atoms with Crippen molar-refractivity contribution in [2.75, 3.05) is 9.80 Å². The summed E-state index contributed by atoms with van der Waals surface area (Å²) < 4.78 is 0. The summed E-state index contributed by atoms with van der Waals surface area (Å²) in [6, 6.07) is 58.5. The van der Waals surface area contributed by atoms with Gasteiger partial charge in [-0.3, -0.25) is 0 Å². The molecule has 2 nitrogen and oxygen atoms in total. The van der Waals surface area contributed by atoms with Gasteiger partial charge in [0.2, 0.25) is 0 Å². The summed E-state index contributed by atoms with van der Waals surface area (Å²) in [6.45, 7) is 13.2. The van der Waals surface area contributed by atoms with Gasteiger partial charge < -0.3 is 9.80 Å². The number of rotatable bonds is 12.